The van der Waals surface area contributed by atoms with Crippen molar-refractivity contribution in [2.45, 2.75) is 55.4 Å². The number of carbonyl (C=O) groups is 6. The summed E-state index contributed by atoms with van der Waals surface area (Å²) in [6.45, 7) is 2.13. The van der Waals surface area contributed by atoms with Gasteiger partial charge in [0.25, 0.3) is 22.9 Å². The van der Waals surface area contributed by atoms with E-state index in [0.717, 1.165) is 17.6 Å². The Bertz CT molecular complexity index is 4430. The number of nitrogens with zero attached hydrogens (tertiary/aromatic N) is 12. The van der Waals surface area contributed by atoms with E-state index in [0.29, 0.717) is 68.6 Å². The van der Waals surface area contributed by atoms with Crippen LogP contribution in [0.15, 0.2) is 137 Å². The largest absolute Gasteiger partial charge is 0.351 e. The van der Waals surface area contributed by atoms with E-state index in [1.165, 1.54) is 46.6 Å². The Hall–Kier alpha value is -10.8. The van der Waals surface area contributed by atoms with Gasteiger partial charge in [0.05, 0.1) is 48.7 Å². The van der Waals surface area contributed by atoms with E-state index >= 15 is 0 Å². The van der Waals surface area contributed by atoms with Gasteiger partial charge in [0.2, 0.25) is 56.5 Å². The maximum atomic E-state index is 12.0. The minimum Gasteiger partial charge on any atom is -0.351 e. The van der Waals surface area contributed by atoms with E-state index in [9.17, 15) is 41.4 Å². The van der Waals surface area contributed by atoms with Crippen LogP contribution in [0.3, 0.4) is 0 Å². The standard InChI is InChI=1S/C21H21N7O2.C17H14N6O4S.C17H14N6O3S/c1-12(13-7-8-13)23-20-26-18-15(9-14-10-17(29)25-19(14)30)11-22-28(18)21(27-20)24-16-5-3-2-4-6-16;1-28(26,27)17-21-14-11(7-10-8-13(24)20-15(10)25)9-18-23(14)16(22-17)19-12-5-3-2-4-6-12;1-27(26)17-21-14-11(7-10-8-13(24)20-15(10)25)9-18-23(14)16(22-17)19-12-5-3-2-4-6-12/h2-6,9,11-13H,7-8,10H2,1H3,(H,25,29,30)(H2,23,24,26,27);2-7,9H,8H2,1H3,(H,19,21,22)(H,20,24,25);2-7,9H,8H2,1H3,(H,19,21,22)(H,20,24,25)/b14-9+;2*10-7+/t12-;;/m0../s1. The number of aromatic nitrogens is 12. The molecule has 6 amide bonds. The average molecular weight is 1180 g/mol. The van der Waals surface area contributed by atoms with Crippen molar-refractivity contribution in [2.75, 3.05) is 33.8 Å². The molecule has 0 bridgehead atoms. The third-order valence-corrected chi connectivity index (χ3v) is 14.7. The molecule has 7 N–H and O–H groups in total. The van der Waals surface area contributed by atoms with Gasteiger partial charge in [0.1, 0.15) is 0 Å². The van der Waals surface area contributed by atoms with Gasteiger partial charge in [-0.05, 0) is 80.3 Å². The van der Waals surface area contributed by atoms with Crippen molar-refractivity contribution < 1.29 is 41.4 Å². The highest BCUT2D eigenvalue weighted by Gasteiger charge is 2.30. The second-order valence-corrected chi connectivity index (χ2v) is 22.9. The number of amides is 6. The molecule has 1 unspecified atom stereocenters. The lowest BCUT2D eigenvalue weighted by molar-refractivity contribution is -0.125. The number of fused-ring (bicyclic) bond motifs is 3. The van der Waals surface area contributed by atoms with Crippen LogP contribution in [0, 0.1) is 5.92 Å². The molecule has 4 fully saturated rings. The fourth-order valence-corrected chi connectivity index (χ4v) is 9.78. The van der Waals surface area contributed by atoms with Crippen LogP contribution in [-0.2, 0) is 49.4 Å². The Kier molecular flexibility index (Phi) is 15.6. The van der Waals surface area contributed by atoms with Crippen LogP contribution < -0.4 is 37.2 Å². The van der Waals surface area contributed by atoms with Crippen molar-refractivity contribution >= 4 is 132 Å². The summed E-state index contributed by atoms with van der Waals surface area (Å²) in [5, 5.41) is 32.2. The van der Waals surface area contributed by atoms with Crippen molar-refractivity contribution in [3.63, 3.8) is 0 Å². The number of hydrogen-bond donors (Lipinski definition) is 7. The van der Waals surface area contributed by atoms with Gasteiger partial charge >= 0.3 is 0 Å². The summed E-state index contributed by atoms with van der Waals surface area (Å²) in [4.78, 5) is 95.9. The molecule has 4 aliphatic rings. The predicted molar refractivity (Wildman–Crippen MR) is 310 cm³/mol. The number of carbonyl (C=O) groups excluding carboxylic acids is 6. The molecule has 9 aromatic rings. The van der Waals surface area contributed by atoms with Crippen molar-refractivity contribution in [1.82, 2.24) is 74.7 Å². The zero-order valence-corrected chi connectivity index (χ0v) is 46.8. The highest BCUT2D eigenvalue weighted by Crippen LogP contribution is 2.34. The van der Waals surface area contributed by atoms with Gasteiger partial charge in [-0.1, -0.05) is 54.6 Å². The van der Waals surface area contributed by atoms with E-state index < -0.39 is 38.4 Å². The summed E-state index contributed by atoms with van der Waals surface area (Å²) in [6.07, 6.45) is 14.2. The Morgan fingerprint density at radius 2 is 0.918 bits per heavy atom. The molecule has 2 atom stereocenters. The lowest BCUT2D eigenvalue weighted by atomic mass is 10.1. The third kappa shape index (κ3) is 13.0. The number of benzene rings is 3. The van der Waals surface area contributed by atoms with Crippen LogP contribution in [0.2, 0.25) is 0 Å². The van der Waals surface area contributed by atoms with Gasteiger partial charge < -0.3 is 21.3 Å². The zero-order valence-electron chi connectivity index (χ0n) is 45.2. The number of rotatable bonds is 14. The van der Waals surface area contributed by atoms with Crippen LogP contribution in [0.4, 0.5) is 40.9 Å². The molecule has 3 aromatic carbocycles. The summed E-state index contributed by atoms with van der Waals surface area (Å²) in [5.74, 6) is -0.234. The van der Waals surface area contributed by atoms with E-state index in [2.05, 4.69) is 89.3 Å². The number of anilines is 7. The predicted octanol–water partition coefficient (Wildman–Crippen LogP) is 4.24. The molecule has 1 aliphatic carbocycles. The number of imide groups is 3. The molecule has 85 heavy (non-hydrogen) atoms. The van der Waals surface area contributed by atoms with Crippen LogP contribution in [0.5, 0.6) is 0 Å². The summed E-state index contributed by atoms with van der Waals surface area (Å²) < 4.78 is 40.5. The lowest BCUT2D eigenvalue weighted by Crippen LogP contribution is -2.20. The first-order valence-corrected chi connectivity index (χ1v) is 29.5. The van der Waals surface area contributed by atoms with Gasteiger partial charge in [0, 0.05) is 69.0 Å². The van der Waals surface area contributed by atoms with Gasteiger partial charge in [-0.15, -0.1) is 0 Å². The summed E-state index contributed by atoms with van der Waals surface area (Å²) in [5.41, 5.74) is 5.98. The molecule has 0 spiro atoms. The Balaban J connectivity index is 0.000000133. The molecule has 6 aromatic heterocycles. The maximum Gasteiger partial charge on any atom is 0.254 e. The molecule has 9 heterocycles. The molecule has 3 aliphatic heterocycles. The smallest absolute Gasteiger partial charge is 0.254 e. The minimum atomic E-state index is -3.71. The first kappa shape index (κ1) is 56.1. The number of nitrogens with one attached hydrogen (secondary N) is 7. The highest BCUT2D eigenvalue weighted by molar-refractivity contribution is 7.90. The molecule has 3 saturated heterocycles. The lowest BCUT2D eigenvalue weighted by Gasteiger charge is -2.15. The SMILES string of the molecule is CS(=O)(=O)c1nc(Nc2ccccc2)n2ncc(/C=C3\CC(=O)NC3=O)c2n1.CS(=O)c1nc(Nc2ccccc2)n2ncc(/C=C3\CC(=O)NC3=O)c2n1.C[C@H](Nc1nc(Nc2ccccc2)n2ncc(/C=C3\CC(=O)NC3=O)c2n1)C1CC1. The molecule has 28 nitrogen and oxygen atoms in total. The summed E-state index contributed by atoms with van der Waals surface area (Å²) >= 11 is 0. The monoisotopic (exact) mass is 1180 g/mol. The van der Waals surface area contributed by atoms with Gasteiger partial charge in [-0.25, -0.2) is 8.42 Å². The van der Waals surface area contributed by atoms with E-state index in [1.807, 2.05) is 78.9 Å². The van der Waals surface area contributed by atoms with Crippen LogP contribution in [0.1, 0.15) is 55.7 Å². The molecular weight excluding hydrogens is 1130 g/mol. The normalized spacial score (nSPS) is 17.1. The number of hydrogen-bond acceptors (Lipinski definition) is 22. The van der Waals surface area contributed by atoms with Crippen molar-refractivity contribution in [1.29, 1.82) is 0 Å². The van der Waals surface area contributed by atoms with Crippen LogP contribution in [0.25, 0.3) is 35.2 Å². The third-order valence-electron chi connectivity index (χ3n) is 13.2. The quantitative estimate of drug-likeness (QED) is 0.0591. The van der Waals surface area contributed by atoms with Crippen molar-refractivity contribution in [3.05, 3.63) is 143 Å². The maximum absolute atomic E-state index is 12.0. The van der Waals surface area contributed by atoms with Crippen molar-refractivity contribution in [2.24, 2.45) is 5.92 Å². The van der Waals surface area contributed by atoms with Gasteiger partial charge in [-0.2, -0.15) is 58.7 Å². The topological polar surface area (TPSA) is 367 Å². The number of sulfone groups is 1. The fraction of sp³-hybridized carbons (Fsp3) is 0.182. The molecule has 1 saturated carbocycles. The van der Waals surface area contributed by atoms with Gasteiger partial charge in [0.15, 0.2) is 16.9 Å². The first-order valence-electron chi connectivity index (χ1n) is 26.1. The molecule has 13 rings (SSSR count). The van der Waals surface area contributed by atoms with Crippen molar-refractivity contribution in [3.8, 4) is 0 Å². The molecule has 430 valence electrons. The summed E-state index contributed by atoms with van der Waals surface area (Å²) in [6, 6.07) is 28.3. The Morgan fingerprint density at radius 1 is 0.541 bits per heavy atom. The van der Waals surface area contributed by atoms with Gasteiger partial charge in [-0.3, -0.25) is 48.9 Å². The Labute approximate surface area is 484 Å². The van der Waals surface area contributed by atoms with E-state index in [1.54, 1.807) is 35.0 Å². The fourth-order valence-electron chi connectivity index (χ4n) is 8.85. The highest BCUT2D eigenvalue weighted by atomic mass is 32.2. The van der Waals surface area contributed by atoms with E-state index in [4.69, 9.17) is 0 Å². The second kappa shape index (κ2) is 23.6. The molecular formula is C55H49N19O9S2. The van der Waals surface area contributed by atoms with E-state index in [-0.39, 0.29) is 70.5 Å². The minimum absolute atomic E-state index is 0.00292. The first-order chi connectivity index (χ1) is 40.9. The zero-order chi connectivity index (χ0) is 59.5. The average Bonchev–Trinajstić information content (AvgIpc) is 3.45. The number of para-hydroxylation sites is 3. The Morgan fingerprint density at radius 3 is 1.28 bits per heavy atom. The second-order valence-electron chi connectivity index (χ2n) is 19.7. The van der Waals surface area contributed by atoms with Crippen LogP contribution >= 0.6 is 0 Å². The molecule has 0 radical (unpaired) electrons. The summed E-state index contributed by atoms with van der Waals surface area (Å²) in [7, 11) is -5.13. The van der Waals surface area contributed by atoms with Crippen LogP contribution in [-0.4, -0.2) is 125 Å². The molecule has 30 heteroatoms.